The molecule has 0 aromatic heterocycles. The molecule has 1 saturated heterocycles. The van der Waals surface area contributed by atoms with Crippen LogP contribution in [0.1, 0.15) is 0 Å². The Labute approximate surface area is 101 Å². The van der Waals surface area contributed by atoms with Gasteiger partial charge in [0.05, 0.1) is 0 Å². The van der Waals surface area contributed by atoms with Crippen molar-refractivity contribution < 1.29 is 14.6 Å². The minimum atomic E-state index is 0.101. The molecule has 92 valence electrons. The van der Waals surface area contributed by atoms with Gasteiger partial charge in [-0.2, -0.15) is 0 Å². The van der Waals surface area contributed by atoms with Crippen molar-refractivity contribution in [3.05, 3.63) is 24.3 Å². The van der Waals surface area contributed by atoms with E-state index < -0.39 is 0 Å². The Hall–Kier alpha value is -1.26. The monoisotopic (exact) mass is 235 g/mol. The average molecular weight is 235 g/mol. The van der Waals surface area contributed by atoms with E-state index >= 15 is 0 Å². The van der Waals surface area contributed by atoms with Crippen LogP contribution in [0.25, 0.3) is 0 Å². The van der Waals surface area contributed by atoms with Crippen molar-refractivity contribution in [3.63, 3.8) is 0 Å². The number of rotatable bonds is 3. The fourth-order valence-corrected chi connectivity index (χ4v) is 2.38. The zero-order valence-corrected chi connectivity index (χ0v) is 9.71. The first kappa shape index (κ1) is 10.9. The SMILES string of the molecule is OCC1CN(CC2COc3ccccc3O2)C1. The quantitative estimate of drug-likeness (QED) is 0.839. The molecule has 4 heteroatoms. The maximum absolute atomic E-state index is 8.96. The summed E-state index contributed by atoms with van der Waals surface area (Å²) in [5.74, 6) is 2.12. The summed E-state index contributed by atoms with van der Waals surface area (Å²) >= 11 is 0. The molecule has 1 fully saturated rings. The van der Waals surface area contributed by atoms with Gasteiger partial charge in [0, 0.05) is 32.2 Å². The summed E-state index contributed by atoms with van der Waals surface area (Å²) < 4.78 is 11.5. The number of para-hydroxylation sites is 2. The molecule has 0 bridgehead atoms. The van der Waals surface area contributed by atoms with Crippen LogP contribution in [-0.2, 0) is 0 Å². The zero-order valence-electron chi connectivity index (χ0n) is 9.71. The van der Waals surface area contributed by atoms with Crippen LogP contribution in [0, 0.1) is 5.92 Å². The lowest BCUT2D eigenvalue weighted by Crippen LogP contribution is -2.53. The predicted molar refractivity (Wildman–Crippen MR) is 63.4 cm³/mol. The van der Waals surface area contributed by atoms with Crippen LogP contribution < -0.4 is 9.47 Å². The lowest BCUT2D eigenvalue weighted by atomic mass is 10.0. The third kappa shape index (κ3) is 2.23. The zero-order chi connectivity index (χ0) is 11.7. The molecule has 0 radical (unpaired) electrons. The molecular weight excluding hydrogens is 218 g/mol. The molecule has 2 aliphatic heterocycles. The van der Waals surface area contributed by atoms with Crippen LogP contribution in [0.4, 0.5) is 0 Å². The number of aliphatic hydroxyl groups is 1. The van der Waals surface area contributed by atoms with E-state index in [4.69, 9.17) is 14.6 Å². The number of hydrogen-bond donors (Lipinski definition) is 1. The fraction of sp³-hybridized carbons (Fsp3) is 0.538. The number of hydrogen-bond acceptors (Lipinski definition) is 4. The molecule has 0 amide bonds. The molecule has 1 aromatic carbocycles. The number of fused-ring (bicyclic) bond motifs is 1. The highest BCUT2D eigenvalue weighted by atomic mass is 16.6. The number of aliphatic hydroxyl groups excluding tert-OH is 1. The molecule has 0 spiro atoms. The van der Waals surface area contributed by atoms with Crippen LogP contribution in [0.2, 0.25) is 0 Å². The van der Waals surface area contributed by atoms with Gasteiger partial charge in [0.25, 0.3) is 0 Å². The summed E-state index contributed by atoms with van der Waals surface area (Å²) in [5.41, 5.74) is 0. The number of ether oxygens (including phenoxy) is 2. The molecule has 4 nitrogen and oxygen atoms in total. The Morgan fingerprint density at radius 2 is 2.00 bits per heavy atom. The van der Waals surface area contributed by atoms with E-state index in [9.17, 15) is 0 Å². The maximum atomic E-state index is 8.96. The second-order valence-corrected chi connectivity index (χ2v) is 4.76. The Morgan fingerprint density at radius 1 is 1.24 bits per heavy atom. The van der Waals surface area contributed by atoms with Crippen molar-refractivity contribution in [2.24, 2.45) is 5.92 Å². The fourth-order valence-electron chi connectivity index (χ4n) is 2.38. The van der Waals surface area contributed by atoms with Crippen LogP contribution >= 0.6 is 0 Å². The summed E-state index contributed by atoms with van der Waals surface area (Å²) in [7, 11) is 0. The van der Waals surface area contributed by atoms with E-state index in [1.54, 1.807) is 0 Å². The Bertz CT molecular complexity index is 390. The van der Waals surface area contributed by atoms with Crippen LogP contribution in [0.3, 0.4) is 0 Å². The molecule has 1 unspecified atom stereocenters. The third-order valence-corrected chi connectivity index (χ3v) is 3.32. The van der Waals surface area contributed by atoms with Crippen molar-refractivity contribution in [2.45, 2.75) is 6.10 Å². The Balaban J connectivity index is 1.54. The van der Waals surface area contributed by atoms with Crippen molar-refractivity contribution in [2.75, 3.05) is 32.8 Å². The van der Waals surface area contributed by atoms with Gasteiger partial charge in [0.15, 0.2) is 11.5 Å². The number of benzene rings is 1. The van der Waals surface area contributed by atoms with Gasteiger partial charge in [-0.15, -0.1) is 0 Å². The molecule has 1 atom stereocenters. The highest BCUT2D eigenvalue weighted by Crippen LogP contribution is 2.31. The molecular formula is C13H17NO3. The molecule has 1 N–H and O–H groups in total. The van der Waals surface area contributed by atoms with Gasteiger partial charge >= 0.3 is 0 Å². The van der Waals surface area contributed by atoms with E-state index in [-0.39, 0.29) is 6.10 Å². The van der Waals surface area contributed by atoms with Gasteiger partial charge in [-0.1, -0.05) is 12.1 Å². The second kappa shape index (κ2) is 4.55. The van der Waals surface area contributed by atoms with Gasteiger partial charge in [0.1, 0.15) is 12.7 Å². The smallest absolute Gasteiger partial charge is 0.161 e. The number of nitrogens with zero attached hydrogens (tertiary/aromatic N) is 1. The topological polar surface area (TPSA) is 41.9 Å². The number of likely N-dealkylation sites (tertiary alicyclic amines) is 1. The van der Waals surface area contributed by atoms with Crippen molar-refractivity contribution >= 4 is 0 Å². The van der Waals surface area contributed by atoms with E-state index in [1.165, 1.54) is 0 Å². The first-order valence-corrected chi connectivity index (χ1v) is 6.07. The second-order valence-electron chi connectivity index (χ2n) is 4.76. The standard InChI is InChI=1S/C13H17NO3/c15-8-10-5-14(6-10)7-11-9-16-12-3-1-2-4-13(12)17-11/h1-4,10-11,15H,5-9H2. The van der Waals surface area contributed by atoms with E-state index in [2.05, 4.69) is 4.90 Å². The van der Waals surface area contributed by atoms with Gasteiger partial charge in [-0.05, 0) is 12.1 Å². The lowest BCUT2D eigenvalue weighted by Gasteiger charge is -2.40. The maximum Gasteiger partial charge on any atom is 0.161 e. The average Bonchev–Trinajstić information content (AvgIpc) is 2.33. The van der Waals surface area contributed by atoms with Crippen molar-refractivity contribution in [3.8, 4) is 11.5 Å². The van der Waals surface area contributed by atoms with Gasteiger partial charge in [-0.3, -0.25) is 4.90 Å². The van der Waals surface area contributed by atoms with E-state index in [0.29, 0.717) is 19.1 Å². The molecule has 0 aliphatic carbocycles. The van der Waals surface area contributed by atoms with E-state index in [1.807, 2.05) is 24.3 Å². The minimum Gasteiger partial charge on any atom is -0.486 e. The normalized spacial score (nSPS) is 24.4. The van der Waals surface area contributed by atoms with Gasteiger partial charge < -0.3 is 14.6 Å². The molecule has 3 rings (SSSR count). The minimum absolute atomic E-state index is 0.101. The molecule has 17 heavy (non-hydrogen) atoms. The van der Waals surface area contributed by atoms with Crippen LogP contribution in [0.15, 0.2) is 24.3 Å². The van der Waals surface area contributed by atoms with Gasteiger partial charge in [0.2, 0.25) is 0 Å². The summed E-state index contributed by atoms with van der Waals surface area (Å²) in [6.45, 7) is 3.72. The first-order chi connectivity index (χ1) is 8.35. The summed E-state index contributed by atoms with van der Waals surface area (Å²) in [4.78, 5) is 2.29. The van der Waals surface area contributed by atoms with Crippen LogP contribution in [0.5, 0.6) is 11.5 Å². The van der Waals surface area contributed by atoms with Crippen molar-refractivity contribution in [1.82, 2.24) is 4.90 Å². The van der Waals surface area contributed by atoms with Crippen LogP contribution in [-0.4, -0.2) is 49.0 Å². The third-order valence-electron chi connectivity index (χ3n) is 3.32. The molecule has 2 heterocycles. The predicted octanol–water partition coefficient (Wildman–Crippen LogP) is 0.750. The molecule has 0 saturated carbocycles. The Morgan fingerprint density at radius 3 is 2.76 bits per heavy atom. The lowest BCUT2D eigenvalue weighted by molar-refractivity contribution is 0.000497. The van der Waals surface area contributed by atoms with Gasteiger partial charge in [-0.25, -0.2) is 0 Å². The summed E-state index contributed by atoms with van der Waals surface area (Å²) in [6.07, 6.45) is 0.101. The first-order valence-electron chi connectivity index (χ1n) is 6.07. The molecule has 1 aromatic rings. The highest BCUT2D eigenvalue weighted by molar-refractivity contribution is 5.40. The largest absolute Gasteiger partial charge is 0.486 e. The summed E-state index contributed by atoms with van der Waals surface area (Å²) in [6, 6.07) is 7.77. The molecule has 2 aliphatic rings. The van der Waals surface area contributed by atoms with Crippen molar-refractivity contribution in [1.29, 1.82) is 0 Å². The highest BCUT2D eigenvalue weighted by Gasteiger charge is 2.30. The Kier molecular flexibility index (Phi) is 2.91. The van der Waals surface area contributed by atoms with E-state index in [0.717, 1.165) is 31.1 Å². The summed E-state index contributed by atoms with van der Waals surface area (Å²) in [5, 5.41) is 8.96.